The molecule has 0 spiro atoms. The Bertz CT molecular complexity index is 1310. The van der Waals surface area contributed by atoms with Crippen molar-refractivity contribution >= 4 is 35.2 Å². The Morgan fingerprint density at radius 1 is 1.21 bits per heavy atom. The minimum atomic E-state index is 0.0396. The fraction of sp³-hybridized carbons (Fsp3) is 0.483. The third-order valence-electron chi connectivity index (χ3n) is 8.10. The lowest BCUT2D eigenvalue weighted by Crippen LogP contribution is -2.58. The number of anilines is 3. The van der Waals surface area contributed by atoms with Crippen LogP contribution in [0.15, 0.2) is 31.0 Å². The van der Waals surface area contributed by atoms with E-state index >= 15 is 0 Å². The Morgan fingerprint density at radius 2 is 2.05 bits per heavy atom. The molecule has 0 aromatic carbocycles. The van der Waals surface area contributed by atoms with E-state index in [9.17, 15) is 14.9 Å². The first kappa shape index (κ1) is 24.4. The second-order valence-electron chi connectivity index (χ2n) is 10.8. The molecule has 9 nitrogen and oxygen atoms in total. The van der Waals surface area contributed by atoms with Crippen molar-refractivity contribution in [1.82, 2.24) is 19.8 Å². The summed E-state index contributed by atoms with van der Waals surface area (Å²) in [4.78, 5) is 40.7. The molecule has 1 unspecified atom stereocenters. The van der Waals surface area contributed by atoms with Crippen LogP contribution in [0, 0.1) is 17.2 Å². The lowest BCUT2D eigenvalue weighted by Gasteiger charge is -2.43. The highest BCUT2D eigenvalue weighted by molar-refractivity contribution is 5.86. The van der Waals surface area contributed by atoms with Gasteiger partial charge in [-0.2, -0.15) is 5.26 Å². The average molecular weight is 512 g/mol. The van der Waals surface area contributed by atoms with Crippen LogP contribution in [-0.2, 0) is 9.59 Å². The molecule has 6 rings (SSSR count). The Hall–Kier alpha value is -3.93. The molecule has 2 aromatic rings. The van der Waals surface area contributed by atoms with Gasteiger partial charge in [-0.15, -0.1) is 0 Å². The van der Waals surface area contributed by atoms with Gasteiger partial charge in [-0.1, -0.05) is 12.7 Å². The molecule has 4 fully saturated rings. The van der Waals surface area contributed by atoms with Gasteiger partial charge >= 0.3 is 0 Å². The van der Waals surface area contributed by atoms with E-state index in [4.69, 9.17) is 4.98 Å². The topological polar surface area (TPSA) is 105 Å². The molecule has 2 saturated carbocycles. The summed E-state index contributed by atoms with van der Waals surface area (Å²) < 4.78 is 0. The van der Waals surface area contributed by atoms with E-state index in [2.05, 4.69) is 27.8 Å². The highest BCUT2D eigenvalue weighted by atomic mass is 16.2. The molecule has 196 valence electrons. The maximum atomic E-state index is 13.2. The van der Waals surface area contributed by atoms with Crippen LogP contribution in [-0.4, -0.2) is 70.3 Å². The number of carbonyl (C=O) groups is 2. The van der Waals surface area contributed by atoms with Crippen LogP contribution in [0.2, 0.25) is 0 Å². The van der Waals surface area contributed by atoms with E-state index in [1.165, 1.54) is 0 Å². The molecule has 4 aliphatic rings. The Balaban J connectivity index is 1.24. The summed E-state index contributed by atoms with van der Waals surface area (Å²) >= 11 is 0. The van der Waals surface area contributed by atoms with E-state index in [0.717, 1.165) is 49.0 Å². The number of likely N-dealkylation sites (tertiary alicyclic amines) is 1. The Kier molecular flexibility index (Phi) is 6.48. The third-order valence-corrected chi connectivity index (χ3v) is 8.10. The number of rotatable bonds is 8. The standard InChI is InChI=1S/C29H33N7O2/c1-2-19-9-10-31-25(14-19)32-23-15-22(16-30)29(33-28(23)21-7-8-21)35-12-13-36(24(17-35)20-5-6-20)27(38)18-34-11-3-4-26(34)37/h2,9-10,14-15,20-21,24H,1,3-8,11-13,17-18H2,(H,31,32). The Morgan fingerprint density at radius 3 is 2.74 bits per heavy atom. The van der Waals surface area contributed by atoms with Gasteiger partial charge < -0.3 is 20.0 Å². The van der Waals surface area contributed by atoms with Gasteiger partial charge in [-0.3, -0.25) is 9.59 Å². The van der Waals surface area contributed by atoms with Crippen LogP contribution in [0.3, 0.4) is 0 Å². The number of nitrogens with one attached hydrogen (secondary N) is 1. The first-order chi connectivity index (χ1) is 18.5. The van der Waals surface area contributed by atoms with Gasteiger partial charge in [0.1, 0.15) is 17.7 Å². The van der Waals surface area contributed by atoms with Crippen molar-refractivity contribution in [2.75, 3.05) is 42.9 Å². The predicted molar refractivity (Wildman–Crippen MR) is 145 cm³/mol. The summed E-state index contributed by atoms with van der Waals surface area (Å²) in [5.41, 5.74) is 3.28. The molecule has 2 aliphatic carbocycles. The van der Waals surface area contributed by atoms with Crippen LogP contribution in [0.1, 0.15) is 61.3 Å². The monoisotopic (exact) mass is 511 g/mol. The zero-order valence-electron chi connectivity index (χ0n) is 21.6. The van der Waals surface area contributed by atoms with Gasteiger partial charge in [0.25, 0.3) is 0 Å². The number of nitriles is 1. The number of pyridine rings is 2. The summed E-state index contributed by atoms with van der Waals surface area (Å²) in [6.45, 7) is 6.53. The molecular weight excluding hydrogens is 478 g/mol. The molecular formula is C29H33N7O2. The van der Waals surface area contributed by atoms with E-state index in [1.807, 2.05) is 23.1 Å². The van der Waals surface area contributed by atoms with E-state index in [-0.39, 0.29) is 24.4 Å². The molecule has 38 heavy (non-hydrogen) atoms. The number of amides is 2. The van der Waals surface area contributed by atoms with Gasteiger partial charge in [-0.05, 0) is 61.8 Å². The summed E-state index contributed by atoms with van der Waals surface area (Å²) in [6.07, 6.45) is 9.26. The third kappa shape index (κ3) is 4.95. The van der Waals surface area contributed by atoms with Gasteiger partial charge in [0.2, 0.25) is 11.8 Å². The van der Waals surface area contributed by atoms with Gasteiger partial charge in [0.05, 0.1) is 29.5 Å². The zero-order valence-corrected chi connectivity index (χ0v) is 21.6. The van der Waals surface area contributed by atoms with Gasteiger partial charge in [0.15, 0.2) is 0 Å². The first-order valence-electron chi connectivity index (χ1n) is 13.7. The quantitative estimate of drug-likeness (QED) is 0.577. The van der Waals surface area contributed by atoms with E-state index in [0.29, 0.717) is 61.6 Å². The van der Waals surface area contributed by atoms with Crippen LogP contribution in [0.5, 0.6) is 0 Å². The lowest BCUT2D eigenvalue weighted by molar-refractivity contribution is -0.140. The number of hydrogen-bond donors (Lipinski definition) is 1. The maximum Gasteiger partial charge on any atom is 0.242 e. The highest BCUT2D eigenvalue weighted by Gasteiger charge is 2.42. The zero-order chi connectivity index (χ0) is 26.2. The van der Waals surface area contributed by atoms with Crippen LogP contribution >= 0.6 is 0 Å². The van der Waals surface area contributed by atoms with Crippen molar-refractivity contribution in [3.8, 4) is 6.07 Å². The molecule has 1 N–H and O–H groups in total. The van der Waals surface area contributed by atoms with Crippen molar-refractivity contribution in [1.29, 1.82) is 5.26 Å². The van der Waals surface area contributed by atoms with Gasteiger partial charge in [0, 0.05) is 44.7 Å². The highest BCUT2D eigenvalue weighted by Crippen LogP contribution is 2.45. The molecule has 2 saturated heterocycles. The smallest absolute Gasteiger partial charge is 0.242 e. The average Bonchev–Trinajstić information content (AvgIpc) is 3.87. The number of aromatic nitrogens is 2. The number of nitrogens with zero attached hydrogens (tertiary/aromatic N) is 6. The summed E-state index contributed by atoms with van der Waals surface area (Å²) in [7, 11) is 0. The molecule has 2 aliphatic heterocycles. The molecule has 0 bridgehead atoms. The molecule has 2 amide bonds. The SMILES string of the molecule is C=Cc1ccnc(Nc2cc(C#N)c(N3CCN(C(=O)CN4CCCC4=O)C(C4CC4)C3)nc2C2CC2)c1. The summed E-state index contributed by atoms with van der Waals surface area (Å²) in [5, 5.41) is 13.5. The first-order valence-corrected chi connectivity index (χ1v) is 13.7. The van der Waals surface area contributed by atoms with Crippen molar-refractivity contribution in [2.24, 2.45) is 5.92 Å². The second kappa shape index (κ2) is 10.1. The second-order valence-corrected chi connectivity index (χ2v) is 10.8. The molecule has 2 aromatic heterocycles. The Labute approximate surface area is 223 Å². The molecule has 1 atom stereocenters. The van der Waals surface area contributed by atoms with Crippen molar-refractivity contribution in [3.05, 3.63) is 47.8 Å². The van der Waals surface area contributed by atoms with Crippen LogP contribution in [0.4, 0.5) is 17.3 Å². The summed E-state index contributed by atoms with van der Waals surface area (Å²) in [5.74, 6) is 2.36. The fourth-order valence-corrected chi connectivity index (χ4v) is 5.71. The fourth-order valence-electron chi connectivity index (χ4n) is 5.71. The minimum Gasteiger partial charge on any atom is -0.352 e. The van der Waals surface area contributed by atoms with Crippen molar-refractivity contribution < 1.29 is 9.59 Å². The largest absolute Gasteiger partial charge is 0.352 e. The lowest BCUT2D eigenvalue weighted by atomic mass is 10.0. The summed E-state index contributed by atoms with van der Waals surface area (Å²) in [6, 6.07) is 8.17. The van der Waals surface area contributed by atoms with Crippen molar-refractivity contribution in [3.63, 3.8) is 0 Å². The number of hydrogen-bond acceptors (Lipinski definition) is 7. The van der Waals surface area contributed by atoms with E-state index < -0.39 is 0 Å². The maximum absolute atomic E-state index is 13.2. The normalized spacial score (nSPS) is 21.4. The minimum absolute atomic E-state index is 0.0396. The van der Waals surface area contributed by atoms with Gasteiger partial charge in [-0.25, -0.2) is 9.97 Å². The molecule has 9 heteroatoms. The van der Waals surface area contributed by atoms with Crippen LogP contribution < -0.4 is 10.2 Å². The molecule has 4 heterocycles. The number of piperazine rings is 1. The van der Waals surface area contributed by atoms with Crippen molar-refractivity contribution in [2.45, 2.75) is 50.5 Å². The van der Waals surface area contributed by atoms with Crippen LogP contribution in [0.25, 0.3) is 6.08 Å². The molecule has 0 radical (unpaired) electrons. The predicted octanol–water partition coefficient (Wildman–Crippen LogP) is 3.66. The number of carbonyl (C=O) groups excluding carboxylic acids is 2. The van der Waals surface area contributed by atoms with E-state index in [1.54, 1.807) is 17.2 Å².